The molecule has 3 N–H and O–H groups in total. The van der Waals surface area contributed by atoms with Crippen LogP contribution in [0.1, 0.15) is 20.3 Å². The third-order valence-electron chi connectivity index (χ3n) is 5.26. The van der Waals surface area contributed by atoms with Gasteiger partial charge in [0.05, 0.1) is 0 Å². The Labute approximate surface area is 191 Å². The summed E-state index contributed by atoms with van der Waals surface area (Å²) < 4.78 is 7.63. The standard InChI is InChI=1S/C26H26N4O3/c1-17(2)15-23(33-21-11-6-18-12-13-28-25(27)22(18)16-21)26(32)29-19-7-9-20(10-8-19)30-14-4-3-5-24(30)31/h3-14,16-17,23H,15H2,1-2H3,(H2,27,28)(H,29,32)/t23-/m1/s1. The molecule has 0 aliphatic rings. The van der Waals surface area contributed by atoms with Crippen molar-refractivity contribution in [2.45, 2.75) is 26.4 Å². The normalized spacial score (nSPS) is 12.0. The fourth-order valence-corrected chi connectivity index (χ4v) is 3.61. The van der Waals surface area contributed by atoms with Crippen LogP contribution in [0.4, 0.5) is 11.5 Å². The summed E-state index contributed by atoms with van der Waals surface area (Å²) in [6, 6.07) is 19.5. The SMILES string of the molecule is CC(C)C[C@@H](Oc1ccc2ccnc(N)c2c1)C(=O)Nc1ccc(-n2ccccc2=O)cc1. The summed E-state index contributed by atoms with van der Waals surface area (Å²) in [5, 5.41) is 4.66. The molecular formula is C26H26N4O3. The average Bonchev–Trinajstić information content (AvgIpc) is 2.80. The number of nitrogens with zero attached hydrogens (tertiary/aromatic N) is 2. The number of ether oxygens (including phenoxy) is 1. The van der Waals surface area contributed by atoms with Crippen molar-refractivity contribution < 1.29 is 9.53 Å². The van der Waals surface area contributed by atoms with Gasteiger partial charge >= 0.3 is 0 Å². The Morgan fingerprint density at radius 3 is 2.61 bits per heavy atom. The lowest BCUT2D eigenvalue weighted by atomic mass is 10.0. The zero-order valence-corrected chi connectivity index (χ0v) is 18.6. The van der Waals surface area contributed by atoms with Crippen LogP contribution in [0.25, 0.3) is 16.5 Å². The first-order valence-corrected chi connectivity index (χ1v) is 10.8. The topological polar surface area (TPSA) is 99.2 Å². The van der Waals surface area contributed by atoms with Gasteiger partial charge in [-0.2, -0.15) is 0 Å². The van der Waals surface area contributed by atoms with Gasteiger partial charge in [0.25, 0.3) is 11.5 Å². The summed E-state index contributed by atoms with van der Waals surface area (Å²) in [7, 11) is 0. The van der Waals surface area contributed by atoms with Crippen LogP contribution >= 0.6 is 0 Å². The third kappa shape index (κ3) is 5.20. The van der Waals surface area contributed by atoms with Crippen LogP contribution in [0, 0.1) is 5.92 Å². The highest BCUT2D eigenvalue weighted by atomic mass is 16.5. The number of rotatable bonds is 7. The van der Waals surface area contributed by atoms with Gasteiger partial charge in [0.1, 0.15) is 11.6 Å². The predicted octanol–water partition coefficient (Wildman–Crippen LogP) is 4.40. The Morgan fingerprint density at radius 2 is 1.88 bits per heavy atom. The molecule has 168 valence electrons. The molecule has 2 heterocycles. The van der Waals surface area contributed by atoms with Crippen LogP contribution in [0.5, 0.6) is 5.75 Å². The number of anilines is 2. The minimum absolute atomic E-state index is 0.120. The second kappa shape index (κ2) is 9.56. The number of pyridine rings is 2. The maximum atomic E-state index is 13.1. The molecule has 0 bridgehead atoms. The lowest BCUT2D eigenvalue weighted by molar-refractivity contribution is -0.123. The Morgan fingerprint density at radius 1 is 1.09 bits per heavy atom. The van der Waals surface area contributed by atoms with E-state index in [-0.39, 0.29) is 17.4 Å². The number of nitrogens with one attached hydrogen (secondary N) is 1. The van der Waals surface area contributed by atoms with E-state index in [4.69, 9.17) is 10.5 Å². The van der Waals surface area contributed by atoms with Gasteiger partial charge in [-0.25, -0.2) is 4.98 Å². The van der Waals surface area contributed by atoms with Crippen molar-refractivity contribution >= 4 is 28.2 Å². The fraction of sp³-hybridized carbons (Fsp3) is 0.192. The number of nitrogen functional groups attached to an aromatic ring is 1. The van der Waals surface area contributed by atoms with E-state index < -0.39 is 6.10 Å². The van der Waals surface area contributed by atoms with Gasteiger partial charge in [-0.1, -0.05) is 26.0 Å². The molecule has 2 aromatic heterocycles. The lowest BCUT2D eigenvalue weighted by Crippen LogP contribution is -2.34. The van der Waals surface area contributed by atoms with Gasteiger partial charge in [0, 0.05) is 35.2 Å². The van der Waals surface area contributed by atoms with Gasteiger partial charge in [0.2, 0.25) is 0 Å². The van der Waals surface area contributed by atoms with E-state index in [0.717, 1.165) is 16.5 Å². The number of aromatic nitrogens is 2. The molecule has 0 aliphatic heterocycles. The largest absolute Gasteiger partial charge is 0.481 e. The second-order valence-corrected chi connectivity index (χ2v) is 8.26. The van der Waals surface area contributed by atoms with Gasteiger partial charge in [-0.3, -0.25) is 14.2 Å². The van der Waals surface area contributed by atoms with Crippen LogP contribution < -0.4 is 21.3 Å². The monoisotopic (exact) mass is 442 g/mol. The van der Waals surface area contributed by atoms with Crippen LogP contribution in [-0.4, -0.2) is 21.6 Å². The summed E-state index contributed by atoms with van der Waals surface area (Å²) in [6.45, 7) is 4.08. The Kier molecular flexibility index (Phi) is 6.40. The van der Waals surface area contributed by atoms with E-state index in [2.05, 4.69) is 10.3 Å². The third-order valence-corrected chi connectivity index (χ3v) is 5.26. The van der Waals surface area contributed by atoms with Crippen molar-refractivity contribution in [3.8, 4) is 11.4 Å². The maximum absolute atomic E-state index is 13.1. The van der Waals surface area contributed by atoms with Crippen molar-refractivity contribution in [3.05, 3.63) is 89.5 Å². The molecule has 7 nitrogen and oxygen atoms in total. The molecule has 1 atom stereocenters. The summed E-state index contributed by atoms with van der Waals surface area (Å²) in [5.41, 5.74) is 7.22. The molecule has 1 amide bonds. The molecule has 0 radical (unpaired) electrons. The van der Waals surface area contributed by atoms with Crippen LogP contribution in [-0.2, 0) is 4.79 Å². The Bertz CT molecular complexity index is 1330. The summed E-state index contributed by atoms with van der Waals surface area (Å²) >= 11 is 0. The highest BCUT2D eigenvalue weighted by molar-refractivity contribution is 5.95. The van der Waals surface area contributed by atoms with E-state index >= 15 is 0 Å². The van der Waals surface area contributed by atoms with Crippen LogP contribution in [0.15, 0.2) is 83.9 Å². The molecule has 0 saturated carbocycles. The molecule has 7 heteroatoms. The number of nitrogens with two attached hydrogens (primary N) is 1. The molecule has 0 spiro atoms. The number of benzene rings is 2. The molecule has 0 aliphatic carbocycles. The molecule has 33 heavy (non-hydrogen) atoms. The van der Waals surface area contributed by atoms with E-state index in [9.17, 15) is 9.59 Å². The number of carbonyl (C=O) groups excluding carboxylic acids is 1. The number of hydrogen-bond donors (Lipinski definition) is 2. The highest BCUT2D eigenvalue weighted by Crippen LogP contribution is 2.26. The van der Waals surface area contributed by atoms with Gasteiger partial charge in [-0.05, 0) is 66.3 Å². The Hall–Kier alpha value is -4.13. The fourth-order valence-electron chi connectivity index (χ4n) is 3.61. The molecule has 0 fully saturated rings. The lowest BCUT2D eigenvalue weighted by Gasteiger charge is -2.21. The van der Waals surface area contributed by atoms with E-state index in [1.54, 1.807) is 48.8 Å². The minimum atomic E-state index is -0.684. The average molecular weight is 443 g/mol. The van der Waals surface area contributed by atoms with Crippen molar-refractivity contribution in [1.82, 2.24) is 9.55 Å². The molecule has 0 unspecified atom stereocenters. The highest BCUT2D eigenvalue weighted by Gasteiger charge is 2.22. The maximum Gasteiger partial charge on any atom is 0.265 e. The zero-order chi connectivity index (χ0) is 23.4. The van der Waals surface area contributed by atoms with E-state index in [0.29, 0.717) is 23.7 Å². The van der Waals surface area contributed by atoms with Gasteiger partial charge < -0.3 is 15.8 Å². The van der Waals surface area contributed by atoms with Crippen molar-refractivity contribution in [3.63, 3.8) is 0 Å². The molecule has 4 aromatic rings. The predicted molar refractivity (Wildman–Crippen MR) is 131 cm³/mol. The summed E-state index contributed by atoms with van der Waals surface area (Å²) in [4.78, 5) is 29.2. The van der Waals surface area contributed by atoms with Crippen LogP contribution in [0.2, 0.25) is 0 Å². The van der Waals surface area contributed by atoms with Gasteiger partial charge in [-0.15, -0.1) is 0 Å². The minimum Gasteiger partial charge on any atom is -0.481 e. The first-order chi connectivity index (χ1) is 15.9. The van der Waals surface area contributed by atoms with Crippen LogP contribution in [0.3, 0.4) is 0 Å². The van der Waals surface area contributed by atoms with Gasteiger partial charge in [0.15, 0.2) is 6.10 Å². The molecule has 4 rings (SSSR count). The van der Waals surface area contributed by atoms with E-state index in [1.165, 1.54) is 10.6 Å². The van der Waals surface area contributed by atoms with Crippen molar-refractivity contribution in [2.24, 2.45) is 5.92 Å². The first kappa shape index (κ1) is 22.1. The van der Waals surface area contributed by atoms with Crippen molar-refractivity contribution in [2.75, 3.05) is 11.1 Å². The number of amides is 1. The smallest absolute Gasteiger partial charge is 0.265 e. The first-order valence-electron chi connectivity index (χ1n) is 10.8. The second-order valence-electron chi connectivity index (χ2n) is 8.26. The number of carbonyl (C=O) groups is 1. The number of fused-ring (bicyclic) bond motifs is 1. The quantitative estimate of drug-likeness (QED) is 0.442. The molecular weight excluding hydrogens is 416 g/mol. The Balaban J connectivity index is 1.52. The molecule has 0 saturated heterocycles. The van der Waals surface area contributed by atoms with E-state index in [1.807, 2.05) is 38.1 Å². The summed E-state index contributed by atoms with van der Waals surface area (Å²) in [5.74, 6) is 0.982. The summed E-state index contributed by atoms with van der Waals surface area (Å²) in [6.07, 6.45) is 3.22. The van der Waals surface area contributed by atoms with Crippen molar-refractivity contribution in [1.29, 1.82) is 0 Å². The molecule has 2 aromatic carbocycles. The zero-order valence-electron chi connectivity index (χ0n) is 18.6. The number of hydrogen-bond acceptors (Lipinski definition) is 5.